The molecule has 3 aliphatic heterocycles. The molecule has 2 bridgehead atoms. The molecule has 0 unspecified atom stereocenters. The van der Waals surface area contributed by atoms with Gasteiger partial charge in [-0.15, -0.1) is 5.10 Å². The van der Waals surface area contributed by atoms with Crippen LogP contribution in [0.5, 0.6) is 0 Å². The number of guanidine groups is 1. The van der Waals surface area contributed by atoms with E-state index in [9.17, 15) is 48.3 Å². The molecule has 29 nitrogen and oxygen atoms in total. The number of para-hydroxylation sites is 1. The molecule has 2 saturated heterocycles. The number of aromatic nitrogens is 4. The smallest absolute Gasteiger partial charge is 0.315 e. The van der Waals surface area contributed by atoms with Crippen molar-refractivity contribution in [3.05, 3.63) is 83.8 Å². The Morgan fingerprint density at radius 3 is 2.23 bits per heavy atom. The minimum Gasteiger partial charge on any atom is -0.394 e. The highest BCUT2D eigenvalue weighted by Crippen LogP contribution is 2.33. The number of nitrogens with two attached hydrogens (primary N) is 3. The van der Waals surface area contributed by atoms with Crippen molar-refractivity contribution in [3.63, 3.8) is 0 Å². The average Bonchev–Trinajstić information content (AvgIpc) is 1.77. The third-order valence-electron chi connectivity index (χ3n) is 15.7. The number of benzene rings is 2. The zero-order chi connectivity index (χ0) is 64.4. The molecule has 3 aliphatic rings. The Morgan fingerprint density at radius 2 is 1.47 bits per heavy atom. The van der Waals surface area contributed by atoms with Gasteiger partial charge >= 0.3 is 6.03 Å². The van der Waals surface area contributed by atoms with E-state index in [1.165, 1.54) is 4.68 Å². The number of aryl methyl sites for hydroxylation is 2. The number of nitrogens with zero attached hydrogens (tertiary/aromatic N) is 5. The van der Waals surface area contributed by atoms with Crippen molar-refractivity contribution in [2.24, 2.45) is 35.2 Å². The number of hydrogen-bond donors (Lipinski definition) is 12. The van der Waals surface area contributed by atoms with Crippen molar-refractivity contribution >= 4 is 81.8 Å². The van der Waals surface area contributed by atoms with Crippen LogP contribution in [0.3, 0.4) is 0 Å². The van der Waals surface area contributed by atoms with Crippen LogP contribution in [0.25, 0.3) is 10.9 Å². The lowest BCUT2D eigenvalue weighted by Crippen LogP contribution is -2.57. The van der Waals surface area contributed by atoms with Gasteiger partial charge in [-0.25, -0.2) is 4.79 Å². The molecule has 2 fully saturated rings. The van der Waals surface area contributed by atoms with Crippen LogP contribution in [0.2, 0.25) is 0 Å². The van der Waals surface area contributed by atoms with Gasteiger partial charge in [0.25, 0.3) is 0 Å². The first-order chi connectivity index (χ1) is 43.4. The fourth-order valence-corrected chi connectivity index (χ4v) is 12.5. The van der Waals surface area contributed by atoms with Gasteiger partial charge < -0.3 is 83.6 Å². The summed E-state index contributed by atoms with van der Waals surface area (Å²) < 4.78 is 20.2. The Balaban J connectivity index is 1.000. The number of carbonyl (C=O) groups excluding carboxylic acids is 9. The Bertz CT molecular complexity index is 3090. The van der Waals surface area contributed by atoms with Crippen molar-refractivity contribution < 1.29 is 62.5 Å². The number of fused-ring (bicyclic) bond motifs is 4. The maximum atomic E-state index is 14.9. The van der Waals surface area contributed by atoms with Crippen LogP contribution in [0.1, 0.15) is 81.0 Å². The summed E-state index contributed by atoms with van der Waals surface area (Å²) in [6.45, 7) is 0.193. The molecule has 0 spiro atoms. The molecule has 0 saturated carbocycles. The van der Waals surface area contributed by atoms with Gasteiger partial charge in [0.15, 0.2) is 11.7 Å². The highest BCUT2D eigenvalue weighted by Gasteiger charge is 2.43. The van der Waals surface area contributed by atoms with Gasteiger partial charge in [-0.3, -0.25) is 48.0 Å². The van der Waals surface area contributed by atoms with E-state index in [1.807, 2.05) is 53.8 Å². The van der Waals surface area contributed by atoms with E-state index in [4.69, 9.17) is 31.4 Å². The number of hydrogen-bond acceptors (Lipinski definition) is 17. The Hall–Kier alpha value is -8.19. The minimum absolute atomic E-state index is 0.00604. The molecule has 15 N–H and O–H groups in total. The standard InChI is InChI=1S/C60H86N16O13S/c1-75-32-39(41-14-5-6-17-48(41)75)29-38-30-49(78)44(28-37-12-3-2-4-13-37)69-56(83)43(16-11-20-65-59(62)63)68-57(84)45(31-40-33-76(74-73-40)22-10-9-15-42(54(61)81)67-58(85)46(34-77)70-55(38)82)66-52(80)35-89-27-26-88-25-24-87-23-21-64-51(79)19-8-7-18-50-53-47(36-90-50)71-60(86)72-53/h2-6,12-14,17,32-33,38,42-47,50,53,77H,7-11,15-16,18-31,34-36H2,1H3,(H2,61,81)(H,64,79)(H,66,80)(H,67,85)(H,68,84)(H,69,83)(H,70,82)(H4,62,63,65)(H2,71,72,86)/t38-,42+,43-,44-,45+,46-,47+,50+,53+/m1/s1. The Morgan fingerprint density at radius 1 is 0.744 bits per heavy atom. The average molecular weight is 1270 g/mol. The van der Waals surface area contributed by atoms with Crippen molar-refractivity contribution in [2.75, 3.05) is 65.1 Å². The van der Waals surface area contributed by atoms with Crippen LogP contribution in [-0.2, 0) is 85.4 Å². The lowest BCUT2D eigenvalue weighted by atomic mass is 9.89. The van der Waals surface area contributed by atoms with E-state index < -0.39 is 97.0 Å². The normalized spacial score (nSPS) is 23.0. The van der Waals surface area contributed by atoms with E-state index in [0.29, 0.717) is 42.2 Å². The van der Waals surface area contributed by atoms with Crippen LogP contribution in [0.15, 0.2) is 72.0 Å². The number of aliphatic hydroxyl groups excluding tert-OH is 1. The van der Waals surface area contributed by atoms with E-state index in [1.54, 1.807) is 36.5 Å². The zero-order valence-corrected chi connectivity index (χ0v) is 51.6. The molecule has 90 heavy (non-hydrogen) atoms. The third kappa shape index (κ3) is 22.1. The number of urea groups is 1. The predicted molar refractivity (Wildman–Crippen MR) is 333 cm³/mol. The molecule has 2 aromatic carbocycles. The number of thioether (sulfide) groups is 1. The van der Waals surface area contributed by atoms with Gasteiger partial charge in [-0.2, -0.15) is 11.8 Å². The summed E-state index contributed by atoms with van der Waals surface area (Å²) in [4.78, 5) is 127. The molecule has 30 heteroatoms. The van der Waals surface area contributed by atoms with E-state index >= 15 is 0 Å². The van der Waals surface area contributed by atoms with Gasteiger partial charge in [0.1, 0.15) is 30.8 Å². The third-order valence-corrected chi connectivity index (χ3v) is 17.2. The molecule has 5 heterocycles. The second kappa shape index (κ2) is 35.9. The summed E-state index contributed by atoms with van der Waals surface area (Å²) in [5.41, 5.74) is 19.5. The maximum absolute atomic E-state index is 14.9. The van der Waals surface area contributed by atoms with Gasteiger partial charge in [0.2, 0.25) is 41.4 Å². The second-order valence-electron chi connectivity index (χ2n) is 22.6. The first kappa shape index (κ1) is 69.3. The fraction of sp³-hybridized carbons (Fsp3) is 0.567. The van der Waals surface area contributed by atoms with Gasteiger partial charge in [-0.05, 0) is 75.0 Å². The lowest BCUT2D eigenvalue weighted by Gasteiger charge is -2.27. The molecule has 9 atom stereocenters. The summed E-state index contributed by atoms with van der Waals surface area (Å²) in [6.07, 6.45) is 6.62. The Labute approximate surface area is 526 Å². The number of aliphatic hydroxyl groups is 1. The number of unbranched alkanes of at least 4 members (excludes halogenated alkanes) is 1. The number of rotatable bonds is 27. The number of amides is 9. The highest BCUT2D eigenvalue weighted by molar-refractivity contribution is 8.00. The number of aliphatic imine (C=N–C) groups is 1. The topological polar surface area (TPSA) is 424 Å². The number of ether oxygens (including phenoxy) is 3. The number of Topliss-reactive ketones (excluding diaryl/α,β-unsaturated/α-hetero) is 1. The lowest BCUT2D eigenvalue weighted by molar-refractivity contribution is -0.136. The van der Waals surface area contributed by atoms with E-state index in [2.05, 4.69) is 57.8 Å². The first-order valence-electron chi connectivity index (χ1n) is 30.6. The van der Waals surface area contributed by atoms with Crippen molar-refractivity contribution in [3.8, 4) is 0 Å². The van der Waals surface area contributed by atoms with Gasteiger partial charge in [0, 0.05) is 86.2 Å². The minimum atomic E-state index is -1.55. The highest BCUT2D eigenvalue weighted by atomic mass is 32.2. The van der Waals surface area contributed by atoms with Crippen molar-refractivity contribution in [1.29, 1.82) is 0 Å². The van der Waals surface area contributed by atoms with E-state index in [0.717, 1.165) is 35.9 Å². The summed E-state index contributed by atoms with van der Waals surface area (Å²) in [5, 5.41) is 42.4. The summed E-state index contributed by atoms with van der Waals surface area (Å²) in [5.74, 6) is -5.86. The zero-order valence-electron chi connectivity index (χ0n) is 50.7. The van der Waals surface area contributed by atoms with Crippen LogP contribution in [0, 0.1) is 5.92 Å². The number of ketones is 1. The SMILES string of the molecule is Cn1cc(C[C@@H]2CC(=O)[C@@H](Cc3ccccc3)NC(=O)[C@@H](CCCN=C(N)N)NC(=O)[C@@H](NC(=O)COCCOCCOCCNC(=O)CCCC[C@@H]3SC[C@@H]4NC(=O)N[C@@H]43)Cc3cn(nn3)CCCC[C@@H](C(N)=O)NC(=O)[C@@H](CO)NC2=O)c2ccccc21. The Kier molecular flexibility index (Phi) is 27.6. The monoisotopic (exact) mass is 1270 g/mol. The largest absolute Gasteiger partial charge is 0.394 e. The molecule has 0 aliphatic carbocycles. The van der Waals surface area contributed by atoms with Crippen LogP contribution >= 0.6 is 11.8 Å². The van der Waals surface area contributed by atoms with Crippen LogP contribution < -0.4 is 59.7 Å². The molecule has 4 aromatic rings. The number of nitrogens with one attached hydrogen (secondary N) is 8. The molecule has 7 rings (SSSR count). The fourth-order valence-electron chi connectivity index (χ4n) is 11.0. The first-order valence-corrected chi connectivity index (χ1v) is 31.6. The molecule has 2 aromatic heterocycles. The number of primary amides is 1. The number of carbonyl (C=O) groups is 9. The second-order valence-corrected chi connectivity index (χ2v) is 23.9. The molecule has 9 amide bonds. The molecular formula is C60H86N16O13S. The van der Waals surface area contributed by atoms with Crippen molar-refractivity contribution in [1.82, 2.24) is 62.1 Å². The maximum Gasteiger partial charge on any atom is 0.315 e. The van der Waals surface area contributed by atoms with Crippen LogP contribution in [0.4, 0.5) is 4.79 Å². The molecular weight excluding hydrogens is 1180 g/mol. The summed E-state index contributed by atoms with van der Waals surface area (Å²) >= 11 is 1.85. The summed E-state index contributed by atoms with van der Waals surface area (Å²) in [7, 11) is 1.84. The van der Waals surface area contributed by atoms with Crippen molar-refractivity contribution in [2.45, 2.75) is 138 Å². The quantitative estimate of drug-likeness (QED) is 0.0138. The van der Waals surface area contributed by atoms with Gasteiger partial charge in [-0.1, -0.05) is 60.2 Å². The van der Waals surface area contributed by atoms with Gasteiger partial charge in [0.05, 0.1) is 63.5 Å². The summed E-state index contributed by atoms with van der Waals surface area (Å²) in [6, 6.07) is 9.79. The molecule has 490 valence electrons. The predicted octanol–water partition coefficient (Wildman–Crippen LogP) is -1.60. The molecule has 0 radical (unpaired) electrons. The van der Waals surface area contributed by atoms with E-state index in [-0.39, 0.29) is 120 Å². The van der Waals surface area contributed by atoms with Crippen LogP contribution in [-0.4, -0.2) is 196 Å².